The fraction of sp³-hybridized carbons (Fsp3) is 0.500. The molecule has 1 aliphatic rings. The molecule has 1 aliphatic heterocycles. The Bertz CT molecular complexity index is 1080. The van der Waals surface area contributed by atoms with Crippen LogP contribution in [0.2, 0.25) is 0 Å². The maximum atomic E-state index is 12.9. The lowest BCUT2D eigenvalue weighted by molar-refractivity contribution is 0.0731. The monoisotopic (exact) mass is 455 g/mol. The number of ether oxygens (including phenoxy) is 1. The van der Waals surface area contributed by atoms with Crippen LogP contribution in [0.25, 0.3) is 0 Å². The zero-order chi connectivity index (χ0) is 22.3. The molecule has 1 saturated heterocycles. The number of sulfonamides is 1. The van der Waals surface area contributed by atoms with Gasteiger partial charge in [0.1, 0.15) is 14.9 Å². The number of nitrogens with one attached hydrogen (secondary N) is 1. The molecule has 0 radical (unpaired) electrons. The number of carbonyl (C=O) groups excluding carboxylic acids is 2. The largest absolute Gasteiger partial charge is 0.379 e. The van der Waals surface area contributed by atoms with E-state index < -0.39 is 21.8 Å². The molecule has 30 heavy (non-hydrogen) atoms. The van der Waals surface area contributed by atoms with Crippen molar-refractivity contribution in [2.24, 2.45) is 12.8 Å². The predicted molar refractivity (Wildman–Crippen MR) is 112 cm³/mol. The van der Waals surface area contributed by atoms with Crippen LogP contribution in [0.15, 0.2) is 16.3 Å². The Morgan fingerprint density at radius 3 is 2.40 bits per heavy atom. The van der Waals surface area contributed by atoms with Crippen LogP contribution in [-0.4, -0.2) is 60.6 Å². The molecule has 3 rings (SSSR count). The summed E-state index contributed by atoms with van der Waals surface area (Å²) in [7, 11) is -2.19. The number of rotatable bonds is 5. The molecule has 164 valence electrons. The number of morpholine rings is 1. The van der Waals surface area contributed by atoms with Crippen LogP contribution in [-0.2, 0) is 27.2 Å². The van der Waals surface area contributed by atoms with Crippen molar-refractivity contribution in [3.05, 3.63) is 29.1 Å². The van der Waals surface area contributed by atoms with E-state index in [4.69, 9.17) is 10.5 Å². The van der Waals surface area contributed by atoms with E-state index in [0.717, 1.165) is 17.0 Å². The first-order valence-electron chi connectivity index (χ1n) is 9.28. The van der Waals surface area contributed by atoms with E-state index in [-0.39, 0.29) is 39.0 Å². The minimum Gasteiger partial charge on any atom is -0.379 e. The highest BCUT2D eigenvalue weighted by molar-refractivity contribution is 7.91. The van der Waals surface area contributed by atoms with Crippen molar-refractivity contribution in [1.82, 2.24) is 14.1 Å². The maximum absolute atomic E-state index is 12.9. The number of amides is 2. The van der Waals surface area contributed by atoms with Crippen LogP contribution < -0.4 is 11.1 Å². The first-order valence-corrected chi connectivity index (χ1v) is 11.5. The summed E-state index contributed by atoms with van der Waals surface area (Å²) in [5.74, 6) is -1.34. The number of nitrogens with zero attached hydrogens (tertiary/aromatic N) is 3. The minimum absolute atomic E-state index is 0.0570. The highest BCUT2D eigenvalue weighted by Crippen LogP contribution is 2.34. The molecule has 2 aromatic rings. The average Bonchev–Trinajstić information content (AvgIpc) is 3.26. The van der Waals surface area contributed by atoms with E-state index in [1.807, 2.05) is 20.8 Å². The molecule has 0 atom stereocenters. The SMILES string of the molecule is Cn1nc(C(C)(C)C)cc1C(=O)Nc1sc(S(=O)(=O)N2CCOCC2)cc1C(N)=O. The van der Waals surface area contributed by atoms with Crippen molar-refractivity contribution in [3.8, 4) is 0 Å². The quantitative estimate of drug-likeness (QED) is 0.694. The molecule has 12 heteroatoms. The van der Waals surface area contributed by atoms with E-state index in [0.29, 0.717) is 13.2 Å². The summed E-state index contributed by atoms with van der Waals surface area (Å²) in [6, 6.07) is 2.87. The van der Waals surface area contributed by atoms with E-state index in [1.54, 1.807) is 13.1 Å². The summed E-state index contributed by atoms with van der Waals surface area (Å²) in [4.78, 5) is 24.7. The smallest absolute Gasteiger partial charge is 0.274 e. The van der Waals surface area contributed by atoms with E-state index >= 15 is 0 Å². The molecule has 0 aliphatic carbocycles. The first-order chi connectivity index (χ1) is 13.9. The number of carbonyl (C=O) groups is 2. The van der Waals surface area contributed by atoms with Gasteiger partial charge < -0.3 is 15.8 Å². The normalized spacial score (nSPS) is 15.9. The van der Waals surface area contributed by atoms with Crippen molar-refractivity contribution in [1.29, 1.82) is 0 Å². The number of nitrogens with two attached hydrogens (primary N) is 1. The first kappa shape index (κ1) is 22.4. The van der Waals surface area contributed by atoms with Gasteiger partial charge in [0.25, 0.3) is 21.8 Å². The molecule has 0 saturated carbocycles. The molecule has 2 amide bonds. The van der Waals surface area contributed by atoms with Crippen LogP contribution in [0.1, 0.15) is 47.3 Å². The third-order valence-electron chi connectivity index (χ3n) is 4.65. The number of thiophene rings is 1. The summed E-state index contributed by atoms with van der Waals surface area (Å²) in [5.41, 5.74) is 6.12. The van der Waals surface area contributed by atoms with Crippen molar-refractivity contribution in [2.45, 2.75) is 30.4 Å². The molecule has 0 unspecified atom stereocenters. The van der Waals surface area contributed by atoms with Gasteiger partial charge in [-0.15, -0.1) is 11.3 Å². The van der Waals surface area contributed by atoms with Gasteiger partial charge in [-0.2, -0.15) is 9.40 Å². The Hall–Kier alpha value is -2.28. The summed E-state index contributed by atoms with van der Waals surface area (Å²) in [5, 5.41) is 7.06. The topological polar surface area (TPSA) is 137 Å². The Morgan fingerprint density at radius 2 is 1.87 bits per heavy atom. The number of hydrogen-bond acceptors (Lipinski definition) is 7. The molecule has 3 heterocycles. The van der Waals surface area contributed by atoms with Gasteiger partial charge >= 0.3 is 0 Å². The number of aromatic nitrogens is 2. The molecule has 2 aromatic heterocycles. The van der Waals surface area contributed by atoms with E-state index in [1.165, 1.54) is 15.1 Å². The Balaban J connectivity index is 1.92. The molecule has 10 nitrogen and oxygen atoms in total. The zero-order valence-corrected chi connectivity index (χ0v) is 18.9. The molecule has 1 fully saturated rings. The second-order valence-corrected chi connectivity index (χ2v) is 11.1. The minimum atomic E-state index is -3.83. The number of aryl methyl sites for hydroxylation is 1. The third kappa shape index (κ3) is 4.41. The van der Waals surface area contributed by atoms with Gasteiger partial charge in [0.05, 0.1) is 24.5 Å². The van der Waals surface area contributed by atoms with E-state index in [2.05, 4.69) is 10.4 Å². The Morgan fingerprint density at radius 1 is 1.23 bits per heavy atom. The lowest BCUT2D eigenvalue weighted by Crippen LogP contribution is -2.40. The second-order valence-electron chi connectivity index (χ2n) is 7.93. The summed E-state index contributed by atoms with van der Waals surface area (Å²) < 4.78 is 33.7. The molecule has 3 N–H and O–H groups in total. The van der Waals surface area contributed by atoms with Crippen LogP contribution in [0.4, 0.5) is 5.00 Å². The van der Waals surface area contributed by atoms with Gasteiger partial charge in [-0.05, 0) is 12.1 Å². The number of hydrogen-bond donors (Lipinski definition) is 2. The second kappa shape index (κ2) is 8.10. The van der Waals surface area contributed by atoms with Crippen LogP contribution in [0, 0.1) is 0 Å². The van der Waals surface area contributed by atoms with Crippen LogP contribution in [0.5, 0.6) is 0 Å². The highest BCUT2D eigenvalue weighted by Gasteiger charge is 2.31. The lowest BCUT2D eigenvalue weighted by atomic mass is 9.92. The maximum Gasteiger partial charge on any atom is 0.274 e. The highest BCUT2D eigenvalue weighted by atomic mass is 32.2. The van der Waals surface area contributed by atoms with Crippen molar-refractivity contribution < 1.29 is 22.7 Å². The van der Waals surface area contributed by atoms with Crippen LogP contribution in [0.3, 0.4) is 0 Å². The standard InChI is InChI=1S/C18H25N5O5S2/c1-18(2,3)13-10-12(22(4)21-13)16(25)20-17-11(15(19)24)9-14(29-17)30(26,27)23-5-7-28-8-6-23/h9-10H,5-8H2,1-4H3,(H2,19,24)(H,20,25). The lowest BCUT2D eigenvalue weighted by Gasteiger charge is -2.25. The molecule has 0 bridgehead atoms. The van der Waals surface area contributed by atoms with Crippen molar-refractivity contribution >= 4 is 38.2 Å². The summed E-state index contributed by atoms with van der Waals surface area (Å²) in [6.45, 7) is 6.97. The average molecular weight is 456 g/mol. The Labute approximate surface area is 179 Å². The van der Waals surface area contributed by atoms with Gasteiger partial charge in [-0.3, -0.25) is 14.3 Å². The third-order valence-corrected chi connectivity index (χ3v) is 8.05. The van der Waals surface area contributed by atoms with Gasteiger partial charge in [0.2, 0.25) is 0 Å². The van der Waals surface area contributed by atoms with Gasteiger partial charge in [-0.25, -0.2) is 8.42 Å². The number of primary amides is 1. The fourth-order valence-electron chi connectivity index (χ4n) is 2.90. The number of anilines is 1. The fourth-order valence-corrected chi connectivity index (χ4v) is 5.83. The van der Waals surface area contributed by atoms with Gasteiger partial charge in [-0.1, -0.05) is 20.8 Å². The van der Waals surface area contributed by atoms with Gasteiger partial charge in [0.15, 0.2) is 0 Å². The zero-order valence-electron chi connectivity index (χ0n) is 17.3. The molecule has 0 aromatic carbocycles. The van der Waals surface area contributed by atoms with Gasteiger partial charge in [0, 0.05) is 25.6 Å². The molecular weight excluding hydrogens is 430 g/mol. The summed E-state index contributed by atoms with van der Waals surface area (Å²) in [6.07, 6.45) is 0. The predicted octanol–water partition coefficient (Wildman–Crippen LogP) is 1.15. The van der Waals surface area contributed by atoms with Crippen molar-refractivity contribution in [3.63, 3.8) is 0 Å². The Kier molecular flexibility index (Phi) is 6.05. The van der Waals surface area contributed by atoms with Crippen LogP contribution >= 0.6 is 11.3 Å². The van der Waals surface area contributed by atoms with Crippen molar-refractivity contribution in [2.75, 3.05) is 31.6 Å². The summed E-state index contributed by atoms with van der Waals surface area (Å²) >= 11 is 0.797. The van der Waals surface area contributed by atoms with E-state index in [9.17, 15) is 18.0 Å². The molecular formula is C18H25N5O5S2. The molecule has 0 spiro atoms.